The summed E-state index contributed by atoms with van der Waals surface area (Å²) in [6.07, 6.45) is 7.99. The highest BCUT2D eigenvalue weighted by molar-refractivity contribution is 5.90. The van der Waals surface area contributed by atoms with E-state index in [1.54, 1.807) is 11.6 Å². The molecular formula is C29H35N5O4. The van der Waals surface area contributed by atoms with Gasteiger partial charge in [-0.25, -0.2) is 10.3 Å². The van der Waals surface area contributed by atoms with E-state index in [4.69, 9.17) is 9.94 Å². The number of hydroxylamine groups is 1. The van der Waals surface area contributed by atoms with Gasteiger partial charge in [0.05, 0.1) is 13.2 Å². The maximum absolute atomic E-state index is 12.6. The van der Waals surface area contributed by atoms with Crippen molar-refractivity contribution < 1.29 is 19.5 Å². The Bertz CT molecular complexity index is 1300. The molecule has 1 aliphatic carbocycles. The number of nitrogens with zero attached hydrogens (tertiary/aromatic N) is 2. The lowest BCUT2D eigenvalue weighted by Crippen LogP contribution is -2.48. The molecule has 0 bridgehead atoms. The van der Waals surface area contributed by atoms with Gasteiger partial charge in [-0.3, -0.25) is 14.9 Å². The monoisotopic (exact) mass is 517 g/mol. The first kappa shape index (κ1) is 26.0. The van der Waals surface area contributed by atoms with Crippen molar-refractivity contribution in [1.82, 2.24) is 25.6 Å². The van der Waals surface area contributed by atoms with Crippen molar-refractivity contribution in [3.05, 3.63) is 77.0 Å². The maximum Gasteiger partial charge on any atom is 0.317 e. The first-order chi connectivity index (χ1) is 18.6. The van der Waals surface area contributed by atoms with Crippen molar-refractivity contribution in [3.63, 3.8) is 0 Å². The van der Waals surface area contributed by atoms with E-state index in [0.717, 1.165) is 43.4 Å². The summed E-state index contributed by atoms with van der Waals surface area (Å²) in [6, 6.07) is 14.9. The number of fused-ring (bicyclic) bond motifs is 2. The topological polar surface area (TPSA) is 110 Å². The fraction of sp³-hybridized carbons (Fsp3) is 0.379. The molecule has 4 N–H and O–H groups in total. The molecule has 9 heteroatoms. The van der Waals surface area contributed by atoms with Gasteiger partial charge in [0.2, 0.25) is 0 Å². The average Bonchev–Trinajstić information content (AvgIpc) is 3.58. The minimum atomic E-state index is -0.550. The van der Waals surface area contributed by atoms with Gasteiger partial charge in [-0.15, -0.1) is 0 Å². The molecule has 1 atom stereocenters. The number of morpholine rings is 1. The number of amides is 3. The van der Waals surface area contributed by atoms with Crippen LogP contribution in [-0.2, 0) is 22.4 Å². The molecule has 1 aliphatic heterocycles. The van der Waals surface area contributed by atoms with Crippen LogP contribution in [-0.4, -0.2) is 77.9 Å². The fourth-order valence-electron chi connectivity index (χ4n) is 5.52. The van der Waals surface area contributed by atoms with Crippen molar-refractivity contribution >= 4 is 28.9 Å². The zero-order valence-corrected chi connectivity index (χ0v) is 21.5. The van der Waals surface area contributed by atoms with Crippen LogP contribution < -0.4 is 10.8 Å². The first-order valence-corrected chi connectivity index (χ1v) is 13.3. The number of carbonyl (C=O) groups is 2. The standard InChI is InChI=1S/C29H35N5O4/c35-28(32-37)10-6-21-5-8-25-22(19-21)7-9-27(25)33(14-12-30-29(36)34-15-17-38-18-16-34)13-11-23-20-31-26-4-2-1-3-24(23)26/h1-6,8,10,19-20,27,31,37H,7,9,11-18H2,(H,30,36)(H,32,35). The van der Waals surface area contributed by atoms with E-state index in [1.807, 2.05) is 17.0 Å². The number of carbonyl (C=O) groups excluding carboxylic acids is 2. The molecule has 1 unspecified atom stereocenters. The molecule has 1 saturated heterocycles. The van der Waals surface area contributed by atoms with Crippen molar-refractivity contribution in [2.75, 3.05) is 45.9 Å². The van der Waals surface area contributed by atoms with Gasteiger partial charge in [-0.05, 0) is 53.7 Å². The molecule has 3 aromatic rings. The second kappa shape index (κ2) is 12.3. The van der Waals surface area contributed by atoms with Gasteiger partial charge in [-0.1, -0.05) is 36.4 Å². The second-order valence-electron chi connectivity index (χ2n) is 9.80. The molecule has 200 valence electrons. The van der Waals surface area contributed by atoms with Crippen LogP contribution in [0.5, 0.6) is 0 Å². The summed E-state index contributed by atoms with van der Waals surface area (Å²) in [5, 5.41) is 13.1. The molecule has 0 radical (unpaired) electrons. The molecule has 2 heterocycles. The van der Waals surface area contributed by atoms with Gasteiger partial charge in [0.1, 0.15) is 0 Å². The number of aromatic amines is 1. The van der Waals surface area contributed by atoms with E-state index in [1.165, 1.54) is 28.2 Å². The number of H-pyrrole nitrogens is 1. The third-order valence-corrected chi connectivity index (χ3v) is 7.51. The van der Waals surface area contributed by atoms with Crippen LogP contribution in [0, 0.1) is 0 Å². The smallest absolute Gasteiger partial charge is 0.317 e. The lowest BCUT2D eigenvalue weighted by atomic mass is 10.0. The fourth-order valence-corrected chi connectivity index (χ4v) is 5.52. The molecule has 5 rings (SSSR count). The summed E-state index contributed by atoms with van der Waals surface area (Å²) in [4.78, 5) is 31.7. The van der Waals surface area contributed by atoms with Crippen LogP contribution in [0.2, 0.25) is 0 Å². The van der Waals surface area contributed by atoms with E-state index >= 15 is 0 Å². The molecule has 9 nitrogen and oxygen atoms in total. The average molecular weight is 518 g/mol. The lowest BCUT2D eigenvalue weighted by molar-refractivity contribution is -0.124. The van der Waals surface area contributed by atoms with Gasteiger partial charge in [0, 0.05) is 61.9 Å². The van der Waals surface area contributed by atoms with Crippen LogP contribution in [0.25, 0.3) is 17.0 Å². The SMILES string of the molecule is O=C(C=Cc1ccc2c(c1)CCC2N(CCNC(=O)N1CCOCC1)CCc1c[nH]c2ccccc12)NO. The minimum absolute atomic E-state index is 0.0277. The zero-order valence-electron chi connectivity index (χ0n) is 21.5. The molecule has 0 saturated carbocycles. The number of rotatable bonds is 9. The van der Waals surface area contributed by atoms with Crippen molar-refractivity contribution in [1.29, 1.82) is 0 Å². The van der Waals surface area contributed by atoms with Gasteiger partial charge >= 0.3 is 6.03 Å². The summed E-state index contributed by atoms with van der Waals surface area (Å²) in [5.74, 6) is -0.550. The quantitative estimate of drug-likeness (QED) is 0.198. The third kappa shape index (κ3) is 6.07. The van der Waals surface area contributed by atoms with E-state index in [9.17, 15) is 9.59 Å². The van der Waals surface area contributed by atoms with Crippen molar-refractivity contribution in [2.45, 2.75) is 25.3 Å². The summed E-state index contributed by atoms with van der Waals surface area (Å²) >= 11 is 0. The van der Waals surface area contributed by atoms with Gasteiger partial charge in [0.15, 0.2) is 0 Å². The summed E-state index contributed by atoms with van der Waals surface area (Å²) in [6.45, 7) is 4.63. The maximum atomic E-state index is 12.6. The minimum Gasteiger partial charge on any atom is -0.378 e. The van der Waals surface area contributed by atoms with Crippen LogP contribution in [0.4, 0.5) is 4.79 Å². The molecular weight excluding hydrogens is 482 g/mol. The lowest BCUT2D eigenvalue weighted by Gasteiger charge is -2.31. The van der Waals surface area contributed by atoms with Crippen molar-refractivity contribution in [2.24, 2.45) is 0 Å². The Morgan fingerprint density at radius 3 is 2.84 bits per heavy atom. The Balaban J connectivity index is 1.29. The van der Waals surface area contributed by atoms with Crippen LogP contribution in [0.1, 0.15) is 34.7 Å². The molecule has 1 fully saturated rings. The summed E-state index contributed by atoms with van der Waals surface area (Å²) < 4.78 is 5.36. The zero-order chi connectivity index (χ0) is 26.3. The molecule has 3 amide bonds. The Hall–Kier alpha value is -3.66. The van der Waals surface area contributed by atoms with Crippen LogP contribution in [0.3, 0.4) is 0 Å². The number of ether oxygens (including phenoxy) is 1. The Morgan fingerprint density at radius 1 is 1.16 bits per heavy atom. The van der Waals surface area contributed by atoms with Gasteiger partial charge < -0.3 is 19.9 Å². The van der Waals surface area contributed by atoms with Crippen molar-refractivity contribution in [3.8, 4) is 0 Å². The summed E-state index contributed by atoms with van der Waals surface area (Å²) in [7, 11) is 0. The van der Waals surface area contributed by atoms with E-state index in [-0.39, 0.29) is 12.1 Å². The number of hydrogen-bond donors (Lipinski definition) is 4. The van der Waals surface area contributed by atoms with Gasteiger partial charge in [0.25, 0.3) is 5.91 Å². The van der Waals surface area contributed by atoms with Gasteiger partial charge in [-0.2, -0.15) is 0 Å². The number of urea groups is 1. The Labute approximate surface area is 222 Å². The predicted molar refractivity (Wildman–Crippen MR) is 146 cm³/mol. The predicted octanol–water partition coefficient (Wildman–Crippen LogP) is 3.26. The highest BCUT2D eigenvalue weighted by Crippen LogP contribution is 2.36. The van der Waals surface area contributed by atoms with E-state index in [0.29, 0.717) is 32.8 Å². The normalized spacial score (nSPS) is 17.3. The number of aromatic nitrogens is 1. The molecule has 2 aliphatic rings. The van der Waals surface area contributed by atoms with Crippen LogP contribution >= 0.6 is 0 Å². The highest BCUT2D eigenvalue weighted by atomic mass is 16.5. The number of aryl methyl sites for hydroxylation is 1. The highest BCUT2D eigenvalue weighted by Gasteiger charge is 2.28. The van der Waals surface area contributed by atoms with E-state index in [2.05, 4.69) is 51.7 Å². The largest absolute Gasteiger partial charge is 0.378 e. The Kier molecular flexibility index (Phi) is 8.37. The number of benzene rings is 2. The Morgan fingerprint density at radius 2 is 2.00 bits per heavy atom. The summed E-state index contributed by atoms with van der Waals surface area (Å²) in [5.41, 5.74) is 7.56. The molecule has 1 aromatic heterocycles. The third-order valence-electron chi connectivity index (χ3n) is 7.51. The molecule has 2 aromatic carbocycles. The second-order valence-corrected chi connectivity index (χ2v) is 9.80. The number of hydrogen-bond acceptors (Lipinski definition) is 5. The molecule has 38 heavy (non-hydrogen) atoms. The number of nitrogens with one attached hydrogen (secondary N) is 3. The first-order valence-electron chi connectivity index (χ1n) is 13.3. The van der Waals surface area contributed by atoms with E-state index < -0.39 is 5.91 Å². The van der Waals surface area contributed by atoms with Crippen LogP contribution in [0.15, 0.2) is 54.7 Å². The number of para-hydroxylation sites is 1. The molecule has 0 spiro atoms.